The van der Waals surface area contributed by atoms with E-state index in [9.17, 15) is 4.79 Å². The molecule has 18 heavy (non-hydrogen) atoms. The van der Waals surface area contributed by atoms with E-state index in [2.05, 4.69) is 25.7 Å². The van der Waals surface area contributed by atoms with Crippen molar-refractivity contribution in [2.75, 3.05) is 6.54 Å². The third kappa shape index (κ3) is 5.38. The molecule has 0 heterocycles. The largest absolute Gasteiger partial charge is 0.340 e. The van der Waals surface area contributed by atoms with Gasteiger partial charge in [0, 0.05) is 24.5 Å². The number of rotatable bonds is 8. The van der Waals surface area contributed by atoms with Crippen molar-refractivity contribution >= 4 is 5.91 Å². The average Bonchev–Trinajstić information content (AvgIpc) is 3.07. The molecular weight excluding hydrogens is 224 g/mol. The summed E-state index contributed by atoms with van der Waals surface area (Å²) in [6.45, 7) is 9.30. The number of carbonyl (C=O) groups excluding carboxylic acids is 1. The lowest BCUT2D eigenvalue weighted by molar-refractivity contribution is -0.137. The summed E-state index contributed by atoms with van der Waals surface area (Å²) in [6.07, 6.45) is 5.64. The fourth-order valence-corrected chi connectivity index (χ4v) is 2.29. The SMILES string of the molecule is CC(N)CCCC(C)C(=O)N(CC1CC1)C(C)C. The first-order valence-electron chi connectivity index (χ1n) is 7.47. The summed E-state index contributed by atoms with van der Waals surface area (Å²) in [7, 11) is 0. The molecule has 0 aromatic heterocycles. The summed E-state index contributed by atoms with van der Waals surface area (Å²) in [5, 5.41) is 0. The van der Waals surface area contributed by atoms with Crippen LogP contribution < -0.4 is 5.73 Å². The standard InChI is InChI=1S/C15H30N2O/c1-11(2)17(10-14-8-9-14)15(18)12(3)6-5-7-13(4)16/h11-14H,5-10,16H2,1-4H3. The van der Waals surface area contributed by atoms with Gasteiger partial charge in [0.1, 0.15) is 0 Å². The Hall–Kier alpha value is -0.570. The topological polar surface area (TPSA) is 46.3 Å². The van der Waals surface area contributed by atoms with Crippen molar-refractivity contribution in [2.45, 2.75) is 71.9 Å². The quantitative estimate of drug-likeness (QED) is 0.724. The summed E-state index contributed by atoms with van der Waals surface area (Å²) in [4.78, 5) is 14.5. The van der Waals surface area contributed by atoms with Crippen LogP contribution in [0.2, 0.25) is 0 Å². The second kappa shape index (κ2) is 7.13. The fourth-order valence-electron chi connectivity index (χ4n) is 2.29. The molecule has 1 amide bonds. The smallest absolute Gasteiger partial charge is 0.225 e. The van der Waals surface area contributed by atoms with Crippen LogP contribution in [0.5, 0.6) is 0 Å². The lowest BCUT2D eigenvalue weighted by atomic mass is 10.00. The first-order valence-corrected chi connectivity index (χ1v) is 7.47. The van der Waals surface area contributed by atoms with Gasteiger partial charge < -0.3 is 10.6 Å². The zero-order valence-electron chi connectivity index (χ0n) is 12.5. The van der Waals surface area contributed by atoms with E-state index >= 15 is 0 Å². The lowest BCUT2D eigenvalue weighted by Crippen LogP contribution is -2.41. The van der Waals surface area contributed by atoms with Crippen molar-refractivity contribution in [2.24, 2.45) is 17.6 Å². The first-order chi connectivity index (χ1) is 8.41. The van der Waals surface area contributed by atoms with Crippen molar-refractivity contribution in [1.82, 2.24) is 4.90 Å². The highest BCUT2D eigenvalue weighted by Crippen LogP contribution is 2.31. The molecule has 0 spiro atoms. The Balaban J connectivity index is 2.37. The van der Waals surface area contributed by atoms with Crippen LogP contribution >= 0.6 is 0 Å². The van der Waals surface area contributed by atoms with Crippen molar-refractivity contribution in [3.63, 3.8) is 0 Å². The Kier molecular flexibility index (Phi) is 6.13. The van der Waals surface area contributed by atoms with Crippen molar-refractivity contribution in [1.29, 1.82) is 0 Å². The number of hydrogen-bond donors (Lipinski definition) is 1. The number of hydrogen-bond acceptors (Lipinski definition) is 2. The Morgan fingerprint density at radius 2 is 1.83 bits per heavy atom. The maximum absolute atomic E-state index is 12.4. The van der Waals surface area contributed by atoms with Gasteiger partial charge >= 0.3 is 0 Å². The highest BCUT2D eigenvalue weighted by molar-refractivity contribution is 5.78. The van der Waals surface area contributed by atoms with Crippen LogP contribution in [0.1, 0.15) is 59.8 Å². The van der Waals surface area contributed by atoms with Crippen molar-refractivity contribution in [3.05, 3.63) is 0 Å². The van der Waals surface area contributed by atoms with Crippen LogP contribution in [-0.2, 0) is 4.79 Å². The molecule has 1 aliphatic rings. The minimum Gasteiger partial charge on any atom is -0.340 e. The van der Waals surface area contributed by atoms with Gasteiger partial charge in [0.25, 0.3) is 0 Å². The van der Waals surface area contributed by atoms with Gasteiger partial charge in [0.15, 0.2) is 0 Å². The maximum Gasteiger partial charge on any atom is 0.225 e. The zero-order chi connectivity index (χ0) is 13.7. The van der Waals surface area contributed by atoms with E-state index < -0.39 is 0 Å². The van der Waals surface area contributed by atoms with Gasteiger partial charge in [-0.05, 0) is 52.4 Å². The number of carbonyl (C=O) groups is 1. The highest BCUT2D eigenvalue weighted by Gasteiger charge is 2.29. The highest BCUT2D eigenvalue weighted by atomic mass is 16.2. The monoisotopic (exact) mass is 254 g/mol. The van der Waals surface area contributed by atoms with E-state index in [1.807, 2.05) is 6.92 Å². The molecule has 0 aromatic carbocycles. The van der Waals surface area contributed by atoms with Gasteiger partial charge in [0.05, 0.1) is 0 Å². The van der Waals surface area contributed by atoms with Crippen LogP contribution in [0.3, 0.4) is 0 Å². The van der Waals surface area contributed by atoms with Crippen LogP contribution in [0.25, 0.3) is 0 Å². The van der Waals surface area contributed by atoms with Crippen LogP contribution in [0, 0.1) is 11.8 Å². The summed E-state index contributed by atoms with van der Waals surface area (Å²) in [6, 6.07) is 0.578. The Morgan fingerprint density at radius 3 is 2.28 bits per heavy atom. The van der Waals surface area contributed by atoms with Gasteiger partial charge in [-0.1, -0.05) is 13.3 Å². The van der Waals surface area contributed by atoms with Gasteiger partial charge in [0.2, 0.25) is 5.91 Å². The Morgan fingerprint density at radius 1 is 1.22 bits per heavy atom. The molecule has 0 aromatic rings. The third-order valence-electron chi connectivity index (χ3n) is 3.78. The maximum atomic E-state index is 12.4. The minimum atomic E-state index is 0.143. The molecule has 1 fully saturated rings. The van der Waals surface area contributed by atoms with Crippen molar-refractivity contribution < 1.29 is 4.79 Å². The second-order valence-electron chi connectivity index (χ2n) is 6.34. The molecule has 0 aliphatic heterocycles. The van der Waals surface area contributed by atoms with Gasteiger partial charge in [-0.2, -0.15) is 0 Å². The first kappa shape index (κ1) is 15.5. The molecule has 0 bridgehead atoms. The molecule has 3 nitrogen and oxygen atoms in total. The normalized spacial score (nSPS) is 18.8. The minimum absolute atomic E-state index is 0.143. The summed E-state index contributed by atoms with van der Waals surface area (Å²) in [5.74, 6) is 1.25. The number of nitrogens with zero attached hydrogens (tertiary/aromatic N) is 1. The van der Waals surface area contributed by atoms with E-state index in [1.54, 1.807) is 0 Å². The van der Waals surface area contributed by atoms with E-state index in [1.165, 1.54) is 12.8 Å². The molecule has 2 unspecified atom stereocenters. The lowest BCUT2D eigenvalue weighted by Gasteiger charge is -2.29. The number of nitrogens with two attached hydrogens (primary N) is 1. The molecule has 2 N–H and O–H groups in total. The van der Waals surface area contributed by atoms with Gasteiger partial charge in [-0.25, -0.2) is 0 Å². The predicted molar refractivity (Wildman–Crippen MR) is 76.2 cm³/mol. The van der Waals surface area contributed by atoms with E-state index in [4.69, 9.17) is 5.73 Å². The van der Waals surface area contributed by atoms with E-state index in [0.29, 0.717) is 11.9 Å². The van der Waals surface area contributed by atoms with Gasteiger partial charge in [-0.15, -0.1) is 0 Å². The molecule has 1 saturated carbocycles. The van der Waals surface area contributed by atoms with E-state index in [0.717, 1.165) is 31.7 Å². The Bertz CT molecular complexity index is 259. The summed E-state index contributed by atoms with van der Waals surface area (Å²) in [5.41, 5.74) is 5.74. The average molecular weight is 254 g/mol. The summed E-state index contributed by atoms with van der Waals surface area (Å²) >= 11 is 0. The van der Waals surface area contributed by atoms with Crippen molar-refractivity contribution in [3.8, 4) is 0 Å². The molecule has 3 heteroatoms. The zero-order valence-corrected chi connectivity index (χ0v) is 12.5. The molecule has 1 aliphatic carbocycles. The van der Waals surface area contributed by atoms with E-state index in [-0.39, 0.29) is 12.0 Å². The Labute approximate surface area is 112 Å². The van der Waals surface area contributed by atoms with Crippen LogP contribution in [-0.4, -0.2) is 29.4 Å². The molecule has 106 valence electrons. The van der Waals surface area contributed by atoms with Crippen LogP contribution in [0.15, 0.2) is 0 Å². The second-order valence-corrected chi connectivity index (χ2v) is 6.34. The molecule has 2 atom stereocenters. The van der Waals surface area contributed by atoms with Gasteiger partial charge in [-0.3, -0.25) is 4.79 Å². The summed E-state index contributed by atoms with van der Waals surface area (Å²) < 4.78 is 0. The van der Waals surface area contributed by atoms with Crippen LogP contribution in [0.4, 0.5) is 0 Å². The molecule has 1 rings (SSSR count). The molecular formula is C15H30N2O. The number of amides is 1. The molecule has 0 saturated heterocycles. The third-order valence-corrected chi connectivity index (χ3v) is 3.78. The predicted octanol–water partition coefficient (Wildman–Crippen LogP) is 2.79. The molecule has 0 radical (unpaired) electrons. The fraction of sp³-hybridized carbons (Fsp3) is 0.933.